The lowest BCUT2D eigenvalue weighted by atomic mass is 9.93. The Labute approximate surface area is 139 Å². The van der Waals surface area contributed by atoms with Crippen LogP contribution >= 0.6 is 11.3 Å². The zero-order valence-electron chi connectivity index (χ0n) is 13.1. The van der Waals surface area contributed by atoms with Crippen LogP contribution in [0.3, 0.4) is 0 Å². The van der Waals surface area contributed by atoms with Gasteiger partial charge in [-0.05, 0) is 37.8 Å². The molecular weight excluding hydrogens is 310 g/mol. The molecule has 2 fully saturated rings. The summed E-state index contributed by atoms with van der Waals surface area (Å²) in [5.74, 6) is 0.646. The van der Waals surface area contributed by atoms with Gasteiger partial charge in [-0.1, -0.05) is 0 Å². The number of rotatable bonds is 3. The van der Waals surface area contributed by atoms with Crippen molar-refractivity contribution < 1.29 is 9.53 Å². The van der Waals surface area contributed by atoms with Gasteiger partial charge in [0.15, 0.2) is 0 Å². The van der Waals surface area contributed by atoms with Crippen LogP contribution in [0, 0.1) is 5.92 Å². The molecule has 0 spiro atoms. The summed E-state index contributed by atoms with van der Waals surface area (Å²) in [5, 5.41) is 0.836. The van der Waals surface area contributed by atoms with Gasteiger partial charge in [-0.25, -0.2) is 4.98 Å². The second-order valence-corrected chi connectivity index (χ2v) is 7.44. The van der Waals surface area contributed by atoms with E-state index < -0.39 is 0 Å². The van der Waals surface area contributed by atoms with Crippen molar-refractivity contribution in [2.24, 2.45) is 5.92 Å². The van der Waals surface area contributed by atoms with E-state index in [0.29, 0.717) is 30.6 Å². The Bertz CT molecular complexity index is 714. The van der Waals surface area contributed by atoms with E-state index in [2.05, 4.69) is 16.9 Å². The number of ether oxygens (including phenoxy) is 1. The van der Waals surface area contributed by atoms with E-state index in [0.717, 1.165) is 10.6 Å². The van der Waals surface area contributed by atoms with Gasteiger partial charge in [-0.15, -0.1) is 11.3 Å². The average Bonchev–Trinajstić information content (AvgIpc) is 3.34. The van der Waals surface area contributed by atoms with E-state index in [4.69, 9.17) is 4.74 Å². The van der Waals surface area contributed by atoms with Gasteiger partial charge in [-0.2, -0.15) is 0 Å². The Morgan fingerprint density at radius 1 is 1.43 bits per heavy atom. The van der Waals surface area contributed by atoms with Crippen LogP contribution in [0.1, 0.15) is 29.4 Å². The van der Waals surface area contributed by atoms with Crippen LogP contribution < -0.4 is 0 Å². The standard InChI is InChI=1S/C17H19N3O2S/c1-17(13-4-5-13)11-22-8-7-20(17)16(21)14-10-19-15(23-14)12-3-2-6-18-9-12/h2-3,6,9-10,13H,4-5,7-8,11H2,1H3. The minimum absolute atomic E-state index is 0.0790. The van der Waals surface area contributed by atoms with Crippen molar-refractivity contribution in [2.45, 2.75) is 25.3 Å². The van der Waals surface area contributed by atoms with Crippen molar-refractivity contribution in [3.8, 4) is 10.6 Å². The number of thiazole rings is 1. The third kappa shape index (κ3) is 2.66. The first-order valence-corrected chi connectivity index (χ1v) is 8.76. The largest absolute Gasteiger partial charge is 0.377 e. The summed E-state index contributed by atoms with van der Waals surface area (Å²) < 4.78 is 5.66. The molecule has 0 bridgehead atoms. The molecule has 1 aliphatic carbocycles. The summed E-state index contributed by atoms with van der Waals surface area (Å²) in [6, 6.07) is 3.84. The normalized spacial score (nSPS) is 24.7. The molecular formula is C17H19N3O2S. The molecule has 0 radical (unpaired) electrons. The molecule has 1 saturated carbocycles. The number of amides is 1. The van der Waals surface area contributed by atoms with Crippen molar-refractivity contribution in [2.75, 3.05) is 19.8 Å². The molecule has 120 valence electrons. The molecule has 0 N–H and O–H groups in total. The Hall–Kier alpha value is -1.79. The fourth-order valence-corrected chi connectivity index (χ4v) is 4.13. The summed E-state index contributed by atoms with van der Waals surface area (Å²) in [7, 11) is 0. The molecule has 2 aromatic heterocycles. The highest BCUT2D eigenvalue weighted by Crippen LogP contribution is 2.45. The van der Waals surface area contributed by atoms with Crippen molar-refractivity contribution in [3.63, 3.8) is 0 Å². The molecule has 1 aliphatic heterocycles. The summed E-state index contributed by atoms with van der Waals surface area (Å²) in [6.07, 6.45) is 7.58. The molecule has 1 amide bonds. The van der Waals surface area contributed by atoms with Crippen molar-refractivity contribution in [3.05, 3.63) is 35.6 Å². The zero-order valence-corrected chi connectivity index (χ0v) is 13.9. The van der Waals surface area contributed by atoms with Crippen molar-refractivity contribution in [1.29, 1.82) is 0 Å². The van der Waals surface area contributed by atoms with E-state index >= 15 is 0 Å². The van der Waals surface area contributed by atoms with Crippen LogP contribution in [-0.4, -0.2) is 46.1 Å². The molecule has 2 aromatic rings. The van der Waals surface area contributed by atoms with Crippen molar-refractivity contribution in [1.82, 2.24) is 14.9 Å². The van der Waals surface area contributed by atoms with Gasteiger partial charge in [0.2, 0.25) is 0 Å². The maximum atomic E-state index is 13.0. The fourth-order valence-electron chi connectivity index (χ4n) is 3.27. The van der Waals surface area contributed by atoms with Crippen LogP contribution in [0.15, 0.2) is 30.7 Å². The number of hydrogen-bond donors (Lipinski definition) is 0. The van der Waals surface area contributed by atoms with Crippen molar-refractivity contribution >= 4 is 17.2 Å². The maximum Gasteiger partial charge on any atom is 0.266 e. The minimum Gasteiger partial charge on any atom is -0.377 e. The quantitative estimate of drug-likeness (QED) is 0.869. The third-order valence-corrected chi connectivity index (χ3v) is 5.83. The molecule has 4 rings (SSSR count). The summed E-state index contributed by atoms with van der Waals surface area (Å²) >= 11 is 1.44. The average molecular weight is 329 g/mol. The zero-order chi connectivity index (χ0) is 15.9. The van der Waals surface area contributed by atoms with Gasteiger partial charge in [0.1, 0.15) is 9.88 Å². The van der Waals surface area contributed by atoms with E-state index in [9.17, 15) is 4.79 Å². The van der Waals surface area contributed by atoms with Crippen LogP contribution in [0.2, 0.25) is 0 Å². The highest BCUT2D eigenvalue weighted by Gasteiger charge is 2.49. The minimum atomic E-state index is -0.173. The smallest absolute Gasteiger partial charge is 0.266 e. The number of hydrogen-bond acceptors (Lipinski definition) is 5. The van der Waals surface area contributed by atoms with Gasteiger partial charge >= 0.3 is 0 Å². The number of pyridine rings is 1. The Balaban J connectivity index is 1.60. The number of nitrogens with zero attached hydrogens (tertiary/aromatic N) is 3. The molecule has 5 nitrogen and oxygen atoms in total. The predicted molar refractivity (Wildman–Crippen MR) is 88.3 cm³/mol. The highest BCUT2D eigenvalue weighted by atomic mass is 32.1. The topological polar surface area (TPSA) is 55.3 Å². The molecule has 1 atom stereocenters. The lowest BCUT2D eigenvalue weighted by molar-refractivity contribution is -0.0545. The molecule has 3 heterocycles. The highest BCUT2D eigenvalue weighted by molar-refractivity contribution is 7.16. The first-order chi connectivity index (χ1) is 11.2. The summed E-state index contributed by atoms with van der Waals surface area (Å²) in [5.41, 5.74) is 0.775. The van der Waals surface area contributed by atoms with Gasteiger partial charge in [-0.3, -0.25) is 9.78 Å². The van der Waals surface area contributed by atoms with Gasteiger partial charge in [0.05, 0.1) is 24.9 Å². The number of carbonyl (C=O) groups is 1. The Kier molecular flexibility index (Phi) is 3.66. The van der Waals surface area contributed by atoms with E-state index in [1.54, 1.807) is 18.6 Å². The molecule has 1 unspecified atom stereocenters. The van der Waals surface area contributed by atoms with Crippen LogP contribution in [0.5, 0.6) is 0 Å². The van der Waals surface area contributed by atoms with Crippen LogP contribution in [0.4, 0.5) is 0 Å². The van der Waals surface area contributed by atoms with Gasteiger partial charge in [0.25, 0.3) is 5.91 Å². The predicted octanol–water partition coefficient (Wildman–Crippen LogP) is 2.85. The Morgan fingerprint density at radius 2 is 2.30 bits per heavy atom. The van der Waals surface area contributed by atoms with E-state index in [1.165, 1.54) is 24.2 Å². The monoisotopic (exact) mass is 329 g/mol. The molecule has 1 saturated heterocycles. The van der Waals surface area contributed by atoms with Crippen LogP contribution in [-0.2, 0) is 4.74 Å². The SMILES string of the molecule is CC1(C2CC2)COCCN1C(=O)c1cnc(-c2cccnc2)s1. The van der Waals surface area contributed by atoms with Crippen LogP contribution in [0.25, 0.3) is 10.6 Å². The molecule has 6 heteroatoms. The number of aromatic nitrogens is 2. The third-order valence-electron chi connectivity index (χ3n) is 4.80. The van der Waals surface area contributed by atoms with Gasteiger partial charge in [0, 0.05) is 24.5 Å². The van der Waals surface area contributed by atoms with Gasteiger partial charge < -0.3 is 9.64 Å². The number of carbonyl (C=O) groups excluding carboxylic acids is 1. The second kappa shape index (κ2) is 5.69. The molecule has 23 heavy (non-hydrogen) atoms. The molecule has 0 aromatic carbocycles. The second-order valence-electron chi connectivity index (χ2n) is 6.41. The first kappa shape index (κ1) is 14.8. The lowest BCUT2D eigenvalue weighted by Gasteiger charge is -2.44. The first-order valence-electron chi connectivity index (χ1n) is 7.94. The lowest BCUT2D eigenvalue weighted by Crippen LogP contribution is -2.58. The number of morpholine rings is 1. The van der Waals surface area contributed by atoms with E-state index in [1.807, 2.05) is 17.0 Å². The summed E-state index contributed by atoms with van der Waals surface area (Å²) in [4.78, 5) is 24.2. The molecule has 2 aliphatic rings. The Morgan fingerprint density at radius 3 is 3.04 bits per heavy atom. The fraction of sp³-hybridized carbons (Fsp3) is 0.471. The maximum absolute atomic E-state index is 13.0. The summed E-state index contributed by atoms with van der Waals surface area (Å²) in [6.45, 7) is 4.07. The van der Waals surface area contributed by atoms with E-state index in [-0.39, 0.29) is 11.4 Å².